The lowest BCUT2D eigenvalue weighted by Gasteiger charge is -2.34. The van der Waals surface area contributed by atoms with Gasteiger partial charge in [-0.25, -0.2) is 8.42 Å². The smallest absolute Gasteiger partial charge is 0.273 e. The van der Waals surface area contributed by atoms with Crippen LogP contribution in [-0.4, -0.2) is 78.6 Å². The third-order valence-corrected chi connectivity index (χ3v) is 5.24. The third kappa shape index (κ3) is 4.30. The molecule has 1 amide bonds. The number of carbonyl (C=O) groups is 1. The number of amides is 1. The molecule has 0 aliphatic carbocycles. The molecule has 22 heavy (non-hydrogen) atoms. The van der Waals surface area contributed by atoms with Crippen molar-refractivity contribution in [1.29, 1.82) is 0 Å². The Bertz CT molecular complexity index is 636. The van der Waals surface area contributed by atoms with E-state index >= 15 is 0 Å². The van der Waals surface area contributed by atoms with Gasteiger partial charge in [0.15, 0.2) is 0 Å². The van der Waals surface area contributed by atoms with Crippen LogP contribution in [0.4, 0.5) is 0 Å². The largest absolute Gasteiger partial charge is 0.335 e. The van der Waals surface area contributed by atoms with Crippen LogP contribution in [0.1, 0.15) is 17.4 Å². The molecule has 0 spiro atoms. The Balaban J connectivity index is 1.94. The minimum Gasteiger partial charge on any atom is -0.335 e. The van der Waals surface area contributed by atoms with Crippen LogP contribution < -0.4 is 0 Å². The molecule has 0 saturated carbocycles. The summed E-state index contributed by atoms with van der Waals surface area (Å²) in [6, 6.07) is 0. The van der Waals surface area contributed by atoms with Gasteiger partial charge in [0.1, 0.15) is 15.5 Å². The van der Waals surface area contributed by atoms with Gasteiger partial charge in [-0.15, -0.1) is 0 Å². The van der Waals surface area contributed by atoms with E-state index in [0.717, 1.165) is 0 Å². The Morgan fingerprint density at radius 3 is 2.50 bits per heavy atom. The number of carbonyl (C=O) groups excluding carboxylic acids is 1. The van der Waals surface area contributed by atoms with E-state index in [4.69, 9.17) is 0 Å². The molecule has 0 aromatic carbocycles. The summed E-state index contributed by atoms with van der Waals surface area (Å²) >= 11 is 3.38. The summed E-state index contributed by atoms with van der Waals surface area (Å²) in [7, 11) is -2.94. The summed E-state index contributed by atoms with van der Waals surface area (Å²) in [5.74, 6) is 0.128. The van der Waals surface area contributed by atoms with Crippen molar-refractivity contribution in [2.45, 2.75) is 13.5 Å². The molecule has 1 saturated heterocycles. The van der Waals surface area contributed by atoms with Crippen LogP contribution in [0, 0.1) is 0 Å². The first-order valence-electron chi connectivity index (χ1n) is 7.22. The van der Waals surface area contributed by atoms with E-state index < -0.39 is 9.84 Å². The van der Waals surface area contributed by atoms with Gasteiger partial charge in [0.2, 0.25) is 0 Å². The lowest BCUT2D eigenvalue weighted by atomic mass is 10.2. The van der Waals surface area contributed by atoms with E-state index in [2.05, 4.69) is 25.9 Å². The highest BCUT2D eigenvalue weighted by molar-refractivity contribution is 9.10. The highest BCUT2D eigenvalue weighted by atomic mass is 79.9. The molecule has 9 heteroatoms. The van der Waals surface area contributed by atoms with Gasteiger partial charge in [-0.2, -0.15) is 5.10 Å². The van der Waals surface area contributed by atoms with Crippen molar-refractivity contribution in [1.82, 2.24) is 19.6 Å². The summed E-state index contributed by atoms with van der Waals surface area (Å²) in [5.41, 5.74) is 0.576. The standard InChI is InChI=1S/C13H21BrN4O3S/c1-3-18-12(11(14)10-15-18)13(19)17-6-4-16(5-7-17)8-9-22(2,20)21/h10H,3-9H2,1-2H3. The minimum atomic E-state index is -2.94. The summed E-state index contributed by atoms with van der Waals surface area (Å²) in [6.07, 6.45) is 2.88. The molecule has 1 aliphatic rings. The normalized spacial score (nSPS) is 17.0. The van der Waals surface area contributed by atoms with Crippen LogP contribution in [0.2, 0.25) is 0 Å². The number of rotatable bonds is 5. The summed E-state index contributed by atoms with van der Waals surface area (Å²) in [4.78, 5) is 16.5. The monoisotopic (exact) mass is 392 g/mol. The number of hydrogen-bond donors (Lipinski definition) is 0. The van der Waals surface area contributed by atoms with Crippen LogP contribution in [0.25, 0.3) is 0 Å². The molecule has 1 fully saturated rings. The quantitative estimate of drug-likeness (QED) is 0.727. The van der Waals surface area contributed by atoms with E-state index in [0.29, 0.717) is 49.4 Å². The number of halogens is 1. The van der Waals surface area contributed by atoms with Crippen molar-refractivity contribution >= 4 is 31.7 Å². The summed E-state index contributed by atoms with van der Waals surface area (Å²) < 4.78 is 24.8. The molecule has 0 unspecified atom stereocenters. The molecular weight excluding hydrogens is 372 g/mol. The molecule has 124 valence electrons. The van der Waals surface area contributed by atoms with Gasteiger partial charge in [-0.1, -0.05) is 0 Å². The Labute approximate surface area is 139 Å². The second-order valence-corrected chi connectivity index (χ2v) is 8.53. The van der Waals surface area contributed by atoms with Crippen molar-refractivity contribution in [3.05, 3.63) is 16.4 Å². The second kappa shape index (κ2) is 7.10. The van der Waals surface area contributed by atoms with Crippen molar-refractivity contribution in [3.63, 3.8) is 0 Å². The van der Waals surface area contributed by atoms with Crippen LogP contribution in [0.5, 0.6) is 0 Å². The van der Waals surface area contributed by atoms with E-state index in [1.165, 1.54) is 6.26 Å². The molecule has 0 radical (unpaired) electrons. The maximum Gasteiger partial charge on any atom is 0.273 e. The maximum atomic E-state index is 12.6. The van der Waals surface area contributed by atoms with Crippen LogP contribution in [0.15, 0.2) is 10.7 Å². The average molecular weight is 393 g/mol. The highest BCUT2D eigenvalue weighted by Crippen LogP contribution is 2.19. The van der Waals surface area contributed by atoms with Crippen LogP contribution >= 0.6 is 15.9 Å². The Morgan fingerprint density at radius 2 is 1.95 bits per heavy atom. The van der Waals surface area contributed by atoms with E-state index in [9.17, 15) is 13.2 Å². The first-order chi connectivity index (χ1) is 10.3. The Morgan fingerprint density at radius 1 is 1.32 bits per heavy atom. The van der Waals surface area contributed by atoms with Gasteiger partial charge in [-0.3, -0.25) is 14.4 Å². The second-order valence-electron chi connectivity index (χ2n) is 5.42. The third-order valence-electron chi connectivity index (χ3n) is 3.73. The average Bonchev–Trinajstić information content (AvgIpc) is 2.85. The molecule has 1 aliphatic heterocycles. The van der Waals surface area contributed by atoms with E-state index in [-0.39, 0.29) is 11.7 Å². The van der Waals surface area contributed by atoms with Crippen LogP contribution in [0.3, 0.4) is 0 Å². The lowest BCUT2D eigenvalue weighted by Crippen LogP contribution is -2.50. The van der Waals surface area contributed by atoms with Crippen molar-refractivity contribution < 1.29 is 13.2 Å². The zero-order valence-corrected chi connectivity index (χ0v) is 15.2. The molecular formula is C13H21BrN4O3S. The van der Waals surface area contributed by atoms with E-state index in [1.54, 1.807) is 15.8 Å². The fourth-order valence-corrected chi connectivity index (χ4v) is 3.49. The minimum absolute atomic E-state index is 0.0333. The zero-order chi connectivity index (χ0) is 16.3. The molecule has 0 atom stereocenters. The number of nitrogens with zero attached hydrogens (tertiary/aromatic N) is 4. The van der Waals surface area contributed by atoms with Crippen LogP contribution in [-0.2, 0) is 16.4 Å². The van der Waals surface area contributed by atoms with Crippen molar-refractivity contribution in [2.24, 2.45) is 0 Å². The molecule has 1 aromatic rings. The van der Waals surface area contributed by atoms with Gasteiger partial charge in [0.05, 0.1) is 16.4 Å². The molecule has 2 rings (SSSR count). The fraction of sp³-hybridized carbons (Fsp3) is 0.692. The molecule has 0 N–H and O–H groups in total. The first-order valence-corrected chi connectivity index (χ1v) is 10.1. The Kier molecular flexibility index (Phi) is 5.62. The fourth-order valence-electron chi connectivity index (χ4n) is 2.43. The number of hydrogen-bond acceptors (Lipinski definition) is 5. The topological polar surface area (TPSA) is 75.5 Å². The molecule has 7 nitrogen and oxygen atoms in total. The number of aryl methyl sites for hydroxylation is 1. The molecule has 1 aromatic heterocycles. The summed E-state index contributed by atoms with van der Waals surface area (Å²) in [6.45, 7) is 5.70. The number of piperazine rings is 1. The van der Waals surface area contributed by atoms with Crippen molar-refractivity contribution in [3.8, 4) is 0 Å². The predicted molar refractivity (Wildman–Crippen MR) is 87.7 cm³/mol. The summed E-state index contributed by atoms with van der Waals surface area (Å²) in [5, 5.41) is 4.17. The lowest BCUT2D eigenvalue weighted by molar-refractivity contribution is 0.0631. The zero-order valence-electron chi connectivity index (χ0n) is 12.8. The van der Waals surface area contributed by atoms with Gasteiger partial charge < -0.3 is 4.90 Å². The number of sulfone groups is 1. The molecule has 2 heterocycles. The van der Waals surface area contributed by atoms with Gasteiger partial charge in [0, 0.05) is 45.5 Å². The van der Waals surface area contributed by atoms with Gasteiger partial charge >= 0.3 is 0 Å². The first kappa shape index (κ1) is 17.4. The van der Waals surface area contributed by atoms with Gasteiger partial charge in [-0.05, 0) is 22.9 Å². The van der Waals surface area contributed by atoms with Crippen molar-refractivity contribution in [2.75, 3.05) is 44.7 Å². The Hall–Kier alpha value is -0.930. The maximum absolute atomic E-state index is 12.6. The molecule has 0 bridgehead atoms. The van der Waals surface area contributed by atoms with E-state index in [1.807, 2.05) is 6.92 Å². The number of aromatic nitrogens is 2. The van der Waals surface area contributed by atoms with Gasteiger partial charge in [0.25, 0.3) is 5.91 Å². The SMILES string of the molecule is CCn1ncc(Br)c1C(=O)N1CCN(CCS(C)(=O)=O)CC1. The highest BCUT2D eigenvalue weighted by Gasteiger charge is 2.26. The predicted octanol–water partition coefficient (Wildman–Crippen LogP) is 0.468.